The van der Waals surface area contributed by atoms with E-state index in [-0.39, 0.29) is 4.99 Å². The Labute approximate surface area is 133 Å². The Bertz CT molecular complexity index is 649. The lowest BCUT2D eigenvalue weighted by atomic mass is 10.1. The summed E-state index contributed by atoms with van der Waals surface area (Å²) in [7, 11) is -3.17. The van der Waals surface area contributed by atoms with Gasteiger partial charge in [0.2, 0.25) is 0 Å². The van der Waals surface area contributed by atoms with Gasteiger partial charge in [0.1, 0.15) is 16.2 Å². The first-order chi connectivity index (χ1) is 9.79. The van der Waals surface area contributed by atoms with Crippen molar-refractivity contribution in [2.45, 2.75) is 11.9 Å². The molecular formula is C13H17FN2O2S3. The molecule has 1 aromatic carbocycles. The molecule has 0 aliphatic carbocycles. The summed E-state index contributed by atoms with van der Waals surface area (Å²) in [6, 6.07) is 4.25. The van der Waals surface area contributed by atoms with Gasteiger partial charge in [0, 0.05) is 36.4 Å². The van der Waals surface area contributed by atoms with Crippen LogP contribution in [0.4, 0.5) is 4.39 Å². The molecule has 0 saturated carbocycles. The molecule has 1 fully saturated rings. The van der Waals surface area contributed by atoms with Crippen LogP contribution < -0.4 is 5.73 Å². The van der Waals surface area contributed by atoms with E-state index in [4.69, 9.17) is 18.0 Å². The maximum atomic E-state index is 13.3. The number of hydrogen-bond donors (Lipinski definition) is 1. The van der Waals surface area contributed by atoms with Gasteiger partial charge in [-0.15, -0.1) is 0 Å². The molecule has 1 atom stereocenters. The molecule has 0 amide bonds. The number of hydrogen-bond acceptors (Lipinski definition) is 5. The molecule has 1 aliphatic heterocycles. The number of sulfone groups is 1. The number of halogens is 1. The van der Waals surface area contributed by atoms with Crippen molar-refractivity contribution in [3.05, 3.63) is 35.1 Å². The van der Waals surface area contributed by atoms with Crippen molar-refractivity contribution in [1.29, 1.82) is 0 Å². The van der Waals surface area contributed by atoms with Gasteiger partial charge < -0.3 is 5.73 Å². The first-order valence-electron chi connectivity index (χ1n) is 6.38. The third-order valence-corrected chi connectivity index (χ3v) is 6.30. The van der Waals surface area contributed by atoms with Gasteiger partial charge in [0.15, 0.2) is 9.84 Å². The van der Waals surface area contributed by atoms with Gasteiger partial charge in [-0.1, -0.05) is 18.3 Å². The summed E-state index contributed by atoms with van der Waals surface area (Å²) < 4.78 is 37.1. The molecule has 8 heteroatoms. The normalized spacial score (nSPS) is 20.4. The Kier molecular flexibility index (Phi) is 5.24. The van der Waals surface area contributed by atoms with Gasteiger partial charge in [0.05, 0.1) is 0 Å². The quantitative estimate of drug-likeness (QED) is 0.830. The van der Waals surface area contributed by atoms with E-state index < -0.39 is 21.0 Å². The number of thioether (sulfide) groups is 1. The largest absolute Gasteiger partial charge is 0.389 e. The van der Waals surface area contributed by atoms with Crippen LogP contribution in [0.3, 0.4) is 0 Å². The predicted molar refractivity (Wildman–Crippen MR) is 88.7 cm³/mol. The highest BCUT2D eigenvalue weighted by Crippen LogP contribution is 2.23. The Hall–Kier alpha value is -0.700. The minimum Gasteiger partial charge on any atom is -0.389 e. The van der Waals surface area contributed by atoms with Crippen molar-refractivity contribution in [3.63, 3.8) is 0 Å². The first kappa shape index (κ1) is 16.7. The smallest absolute Gasteiger partial charge is 0.164 e. The minimum atomic E-state index is -3.17. The van der Waals surface area contributed by atoms with Gasteiger partial charge in [0.25, 0.3) is 0 Å². The molecule has 0 bridgehead atoms. The van der Waals surface area contributed by atoms with Gasteiger partial charge in [-0.2, -0.15) is 11.8 Å². The lowest BCUT2D eigenvalue weighted by Gasteiger charge is -2.34. The van der Waals surface area contributed by atoms with Gasteiger partial charge in [-0.25, -0.2) is 12.8 Å². The molecule has 21 heavy (non-hydrogen) atoms. The van der Waals surface area contributed by atoms with Crippen LogP contribution in [0.1, 0.15) is 11.1 Å². The lowest BCUT2D eigenvalue weighted by molar-refractivity contribution is 0.262. The van der Waals surface area contributed by atoms with E-state index in [1.54, 1.807) is 17.8 Å². The van der Waals surface area contributed by atoms with Crippen LogP contribution in [0.25, 0.3) is 0 Å². The zero-order valence-electron chi connectivity index (χ0n) is 11.6. The average molecular weight is 348 g/mol. The fraction of sp³-hybridized carbons (Fsp3) is 0.462. The fourth-order valence-corrected chi connectivity index (χ4v) is 5.46. The van der Waals surface area contributed by atoms with Crippen molar-refractivity contribution in [2.24, 2.45) is 5.73 Å². The minimum absolute atomic E-state index is 0.117. The molecule has 2 N–H and O–H groups in total. The van der Waals surface area contributed by atoms with Gasteiger partial charge in [-0.3, -0.25) is 4.90 Å². The summed E-state index contributed by atoms with van der Waals surface area (Å²) in [6.07, 6.45) is 1.25. The molecule has 0 aromatic heterocycles. The van der Waals surface area contributed by atoms with Gasteiger partial charge >= 0.3 is 0 Å². The van der Waals surface area contributed by atoms with Crippen LogP contribution in [0.2, 0.25) is 0 Å². The maximum Gasteiger partial charge on any atom is 0.164 e. The summed E-state index contributed by atoms with van der Waals surface area (Å²) in [5.74, 6) is 1.01. The van der Waals surface area contributed by atoms with Crippen LogP contribution in [0.15, 0.2) is 18.2 Å². The van der Waals surface area contributed by atoms with Crippen molar-refractivity contribution in [2.75, 3.05) is 24.3 Å². The Morgan fingerprint density at radius 2 is 2.29 bits per heavy atom. The SMILES string of the molecule is CS(=O)(=O)C1CSCCN1Cc1ccc(F)cc1C(N)=S. The molecule has 1 aliphatic rings. The number of nitrogens with zero attached hydrogens (tertiary/aromatic N) is 1. The second-order valence-corrected chi connectivity index (χ2v) is 8.79. The highest BCUT2D eigenvalue weighted by molar-refractivity contribution is 8.00. The zero-order chi connectivity index (χ0) is 15.6. The molecule has 1 heterocycles. The number of benzene rings is 1. The number of thiocarbonyl (C=S) groups is 1. The van der Waals surface area contributed by atoms with Crippen LogP contribution in [0, 0.1) is 5.82 Å². The molecule has 1 aromatic rings. The second-order valence-electron chi connectivity index (χ2n) is 5.00. The van der Waals surface area contributed by atoms with E-state index >= 15 is 0 Å². The number of nitrogens with two attached hydrogens (primary N) is 1. The molecule has 0 spiro atoms. The standard InChI is InChI=1S/C13H17FN2O2S3/c1-21(17,18)12-8-20-5-4-16(12)7-9-2-3-10(14)6-11(9)13(15)19/h2-3,6,12H,4-5,7-8H2,1H3,(H2,15,19). The monoisotopic (exact) mass is 348 g/mol. The van der Waals surface area contributed by atoms with E-state index in [0.717, 1.165) is 11.3 Å². The average Bonchev–Trinajstić information content (AvgIpc) is 2.40. The Morgan fingerprint density at radius 1 is 1.57 bits per heavy atom. The highest BCUT2D eigenvalue weighted by Gasteiger charge is 2.31. The maximum absolute atomic E-state index is 13.3. The van der Waals surface area contributed by atoms with E-state index in [0.29, 0.717) is 24.4 Å². The van der Waals surface area contributed by atoms with Crippen LogP contribution in [-0.2, 0) is 16.4 Å². The lowest BCUT2D eigenvalue weighted by Crippen LogP contribution is -2.46. The van der Waals surface area contributed by atoms with Crippen LogP contribution in [0.5, 0.6) is 0 Å². The molecule has 4 nitrogen and oxygen atoms in total. The molecular weight excluding hydrogens is 331 g/mol. The Morgan fingerprint density at radius 3 is 2.90 bits per heavy atom. The molecule has 0 radical (unpaired) electrons. The Balaban J connectivity index is 2.30. The van der Waals surface area contributed by atoms with Gasteiger partial charge in [-0.05, 0) is 17.7 Å². The van der Waals surface area contributed by atoms with Crippen molar-refractivity contribution in [3.8, 4) is 0 Å². The van der Waals surface area contributed by atoms with Crippen molar-refractivity contribution in [1.82, 2.24) is 4.90 Å². The summed E-state index contributed by atoms with van der Waals surface area (Å²) in [5.41, 5.74) is 6.86. The predicted octanol–water partition coefficient (Wildman–Crippen LogP) is 1.38. The van der Waals surface area contributed by atoms with Crippen molar-refractivity contribution < 1.29 is 12.8 Å². The third kappa shape index (κ3) is 4.15. The highest BCUT2D eigenvalue weighted by atomic mass is 32.2. The topological polar surface area (TPSA) is 63.4 Å². The fourth-order valence-electron chi connectivity index (χ4n) is 2.33. The van der Waals surface area contributed by atoms with E-state index in [1.165, 1.54) is 18.4 Å². The van der Waals surface area contributed by atoms with E-state index in [1.807, 2.05) is 4.90 Å². The second kappa shape index (κ2) is 6.60. The molecule has 116 valence electrons. The van der Waals surface area contributed by atoms with E-state index in [9.17, 15) is 12.8 Å². The summed E-state index contributed by atoms with van der Waals surface area (Å²) in [6.45, 7) is 1.06. The summed E-state index contributed by atoms with van der Waals surface area (Å²) in [4.78, 5) is 2.01. The van der Waals surface area contributed by atoms with Crippen LogP contribution >= 0.6 is 24.0 Å². The molecule has 2 rings (SSSR count). The summed E-state index contributed by atoms with van der Waals surface area (Å²) in [5, 5.41) is -0.527. The first-order valence-corrected chi connectivity index (χ1v) is 9.89. The zero-order valence-corrected chi connectivity index (χ0v) is 14.0. The third-order valence-electron chi connectivity index (χ3n) is 3.40. The van der Waals surface area contributed by atoms with E-state index in [2.05, 4.69) is 0 Å². The molecule has 1 saturated heterocycles. The van der Waals surface area contributed by atoms with Crippen LogP contribution in [-0.4, -0.2) is 48.0 Å². The molecule has 1 unspecified atom stereocenters. The number of rotatable bonds is 4. The van der Waals surface area contributed by atoms with Crippen molar-refractivity contribution >= 4 is 38.8 Å². The summed E-state index contributed by atoms with van der Waals surface area (Å²) >= 11 is 6.58.